The Hall–Kier alpha value is -2.36. The predicted octanol–water partition coefficient (Wildman–Crippen LogP) is 0.598. The van der Waals surface area contributed by atoms with Crippen LogP contribution in [0.3, 0.4) is 0 Å². The highest BCUT2D eigenvalue weighted by molar-refractivity contribution is 5.79. The second kappa shape index (κ2) is 10.3. The Morgan fingerprint density at radius 3 is 2.18 bits per heavy atom. The van der Waals surface area contributed by atoms with Crippen molar-refractivity contribution >= 4 is 11.8 Å². The highest BCUT2D eigenvalue weighted by Crippen LogP contribution is 2.38. The van der Waals surface area contributed by atoms with Gasteiger partial charge in [-0.2, -0.15) is 0 Å². The van der Waals surface area contributed by atoms with Crippen LogP contribution in [0.5, 0.6) is 11.5 Å². The molecule has 0 radical (unpaired) electrons. The van der Waals surface area contributed by atoms with Crippen LogP contribution < -0.4 is 9.47 Å². The third kappa shape index (κ3) is 5.26. The molecule has 0 spiro atoms. The maximum Gasteiger partial charge on any atom is 0.237 e. The quantitative estimate of drug-likeness (QED) is 0.640. The molecule has 5 rings (SSSR count). The fraction of sp³-hybridized carbons (Fsp3) is 0.667. The molecule has 0 aromatic heterocycles. The van der Waals surface area contributed by atoms with Gasteiger partial charge in [-0.1, -0.05) is 6.07 Å². The SMILES string of the molecule is O=C(CN1CCN(CC(=O)N2CCC[C@@H]2c2ccc3c(c2)OCCO3)CC1)N1CCOCC1. The fourth-order valence-corrected chi connectivity index (χ4v) is 5.17. The number of carbonyl (C=O) groups is 2. The van der Waals surface area contributed by atoms with Crippen molar-refractivity contribution < 1.29 is 23.8 Å². The van der Waals surface area contributed by atoms with E-state index in [1.165, 1.54) is 0 Å². The van der Waals surface area contributed by atoms with Crippen molar-refractivity contribution in [3.63, 3.8) is 0 Å². The standard InChI is InChI=1S/C24H34N4O5/c29-23(27-10-12-31-13-11-27)17-25-6-8-26(9-7-25)18-24(30)28-5-1-2-20(28)19-3-4-21-22(16-19)33-15-14-32-21/h3-4,16,20H,1-2,5-15,17-18H2/t20-/m1/s1. The second-order valence-corrected chi connectivity index (χ2v) is 9.19. The molecule has 0 unspecified atom stereocenters. The molecule has 4 aliphatic rings. The number of hydrogen-bond donors (Lipinski definition) is 0. The smallest absolute Gasteiger partial charge is 0.237 e. The molecule has 9 heteroatoms. The number of amides is 2. The summed E-state index contributed by atoms with van der Waals surface area (Å²) in [5, 5.41) is 0. The van der Waals surface area contributed by atoms with E-state index in [1.807, 2.05) is 21.9 Å². The highest BCUT2D eigenvalue weighted by atomic mass is 16.6. The number of fused-ring (bicyclic) bond motifs is 1. The van der Waals surface area contributed by atoms with Crippen LogP contribution in [0, 0.1) is 0 Å². The summed E-state index contributed by atoms with van der Waals surface area (Å²) in [4.78, 5) is 34.0. The Bertz CT molecular complexity index is 851. The Labute approximate surface area is 195 Å². The zero-order valence-corrected chi connectivity index (χ0v) is 19.2. The highest BCUT2D eigenvalue weighted by Gasteiger charge is 2.32. The molecular weight excluding hydrogens is 424 g/mol. The normalized spacial score (nSPS) is 24.2. The zero-order chi connectivity index (χ0) is 22.6. The van der Waals surface area contributed by atoms with Crippen LogP contribution in [0.15, 0.2) is 18.2 Å². The van der Waals surface area contributed by atoms with Gasteiger partial charge in [-0.3, -0.25) is 19.4 Å². The first-order valence-electron chi connectivity index (χ1n) is 12.2. The van der Waals surface area contributed by atoms with Gasteiger partial charge in [0.2, 0.25) is 11.8 Å². The Morgan fingerprint density at radius 2 is 1.45 bits per heavy atom. The van der Waals surface area contributed by atoms with Crippen molar-refractivity contribution in [1.82, 2.24) is 19.6 Å². The van der Waals surface area contributed by atoms with E-state index in [0.29, 0.717) is 52.6 Å². The molecule has 0 aliphatic carbocycles. The summed E-state index contributed by atoms with van der Waals surface area (Å²) in [7, 11) is 0. The van der Waals surface area contributed by atoms with Crippen LogP contribution in [0.4, 0.5) is 0 Å². The number of benzene rings is 1. The molecule has 0 bridgehead atoms. The maximum absolute atomic E-state index is 13.2. The van der Waals surface area contributed by atoms with Gasteiger partial charge in [0, 0.05) is 45.8 Å². The first-order valence-corrected chi connectivity index (χ1v) is 12.2. The third-order valence-electron chi connectivity index (χ3n) is 7.07. The minimum atomic E-state index is 0.0979. The van der Waals surface area contributed by atoms with Gasteiger partial charge in [-0.15, -0.1) is 0 Å². The topological polar surface area (TPSA) is 74.8 Å². The van der Waals surface area contributed by atoms with Gasteiger partial charge in [-0.25, -0.2) is 0 Å². The average molecular weight is 459 g/mol. The number of morpholine rings is 1. The summed E-state index contributed by atoms with van der Waals surface area (Å²) in [5.41, 5.74) is 1.12. The summed E-state index contributed by atoms with van der Waals surface area (Å²) >= 11 is 0. The molecule has 9 nitrogen and oxygen atoms in total. The van der Waals surface area contributed by atoms with Crippen LogP contribution in [-0.2, 0) is 14.3 Å². The Balaban J connectivity index is 1.11. The van der Waals surface area contributed by atoms with Crippen molar-refractivity contribution in [3.8, 4) is 11.5 Å². The van der Waals surface area contributed by atoms with Crippen LogP contribution in [0.25, 0.3) is 0 Å². The van der Waals surface area contributed by atoms with Gasteiger partial charge >= 0.3 is 0 Å². The van der Waals surface area contributed by atoms with E-state index < -0.39 is 0 Å². The minimum Gasteiger partial charge on any atom is -0.486 e. The van der Waals surface area contributed by atoms with Crippen molar-refractivity contribution in [2.45, 2.75) is 18.9 Å². The van der Waals surface area contributed by atoms with Crippen molar-refractivity contribution in [3.05, 3.63) is 23.8 Å². The van der Waals surface area contributed by atoms with E-state index in [0.717, 1.165) is 62.6 Å². The summed E-state index contributed by atoms with van der Waals surface area (Å²) in [5.74, 6) is 1.93. The lowest BCUT2D eigenvalue weighted by molar-refractivity contribution is -0.138. The Morgan fingerprint density at radius 1 is 0.788 bits per heavy atom. The number of ether oxygens (including phenoxy) is 3. The second-order valence-electron chi connectivity index (χ2n) is 9.19. The van der Waals surface area contributed by atoms with E-state index in [9.17, 15) is 9.59 Å². The number of rotatable bonds is 5. The monoisotopic (exact) mass is 458 g/mol. The van der Waals surface area contributed by atoms with Crippen LogP contribution in [0.2, 0.25) is 0 Å². The van der Waals surface area contributed by atoms with Crippen molar-refractivity contribution in [2.75, 3.05) is 85.3 Å². The van der Waals surface area contributed by atoms with Crippen LogP contribution in [0.1, 0.15) is 24.4 Å². The number of piperazine rings is 1. The lowest BCUT2D eigenvalue weighted by Crippen LogP contribution is -2.53. The molecule has 33 heavy (non-hydrogen) atoms. The molecule has 4 aliphatic heterocycles. The van der Waals surface area contributed by atoms with E-state index in [-0.39, 0.29) is 17.9 Å². The zero-order valence-electron chi connectivity index (χ0n) is 19.2. The molecule has 1 atom stereocenters. The largest absolute Gasteiger partial charge is 0.486 e. The summed E-state index contributed by atoms with van der Waals surface area (Å²) < 4.78 is 16.7. The molecule has 3 saturated heterocycles. The molecule has 0 N–H and O–H groups in total. The van der Waals surface area contributed by atoms with Crippen molar-refractivity contribution in [2.24, 2.45) is 0 Å². The van der Waals surface area contributed by atoms with E-state index in [4.69, 9.17) is 14.2 Å². The molecule has 4 heterocycles. The molecule has 180 valence electrons. The first kappa shape index (κ1) is 22.4. The van der Waals surface area contributed by atoms with Gasteiger partial charge in [-0.05, 0) is 30.5 Å². The molecule has 3 fully saturated rings. The molecular formula is C24H34N4O5. The first-order chi connectivity index (χ1) is 16.2. The average Bonchev–Trinajstić information content (AvgIpc) is 3.36. The predicted molar refractivity (Wildman–Crippen MR) is 121 cm³/mol. The van der Waals surface area contributed by atoms with Crippen molar-refractivity contribution in [1.29, 1.82) is 0 Å². The number of carbonyl (C=O) groups excluding carboxylic acids is 2. The number of hydrogen-bond acceptors (Lipinski definition) is 7. The molecule has 0 saturated carbocycles. The molecule has 1 aromatic rings. The summed E-state index contributed by atoms with van der Waals surface area (Å²) in [6.07, 6.45) is 1.99. The van der Waals surface area contributed by atoms with E-state index in [1.54, 1.807) is 0 Å². The van der Waals surface area contributed by atoms with Gasteiger partial charge in [0.1, 0.15) is 13.2 Å². The minimum absolute atomic E-state index is 0.0979. The van der Waals surface area contributed by atoms with E-state index >= 15 is 0 Å². The summed E-state index contributed by atoms with van der Waals surface area (Å²) in [6.45, 7) is 8.72. The lowest BCUT2D eigenvalue weighted by Gasteiger charge is -2.36. The number of likely N-dealkylation sites (tertiary alicyclic amines) is 1. The van der Waals surface area contributed by atoms with Crippen LogP contribution >= 0.6 is 0 Å². The number of nitrogens with zero attached hydrogens (tertiary/aromatic N) is 4. The van der Waals surface area contributed by atoms with Crippen LogP contribution in [-0.4, -0.2) is 117 Å². The molecule has 2 amide bonds. The van der Waals surface area contributed by atoms with Gasteiger partial charge in [0.25, 0.3) is 0 Å². The molecule has 1 aromatic carbocycles. The van der Waals surface area contributed by atoms with Gasteiger partial charge < -0.3 is 24.0 Å². The van der Waals surface area contributed by atoms with Gasteiger partial charge in [0.05, 0.1) is 32.3 Å². The maximum atomic E-state index is 13.2. The summed E-state index contributed by atoms with van der Waals surface area (Å²) in [6, 6.07) is 6.16. The van der Waals surface area contributed by atoms with Gasteiger partial charge in [0.15, 0.2) is 11.5 Å². The van der Waals surface area contributed by atoms with E-state index in [2.05, 4.69) is 15.9 Å². The third-order valence-corrected chi connectivity index (χ3v) is 7.07. The fourth-order valence-electron chi connectivity index (χ4n) is 5.17. The lowest BCUT2D eigenvalue weighted by atomic mass is 10.0. The Kier molecular flexibility index (Phi) is 6.99.